The Hall–Kier alpha value is -3.65. The van der Waals surface area contributed by atoms with Crippen molar-refractivity contribution in [3.8, 4) is 11.1 Å². The molecule has 0 bridgehead atoms. The second kappa shape index (κ2) is 9.23. The summed E-state index contributed by atoms with van der Waals surface area (Å²) < 4.78 is 2.34. The lowest BCUT2D eigenvalue weighted by Crippen LogP contribution is -2.42. The van der Waals surface area contributed by atoms with Gasteiger partial charge < -0.3 is 15.0 Å². The summed E-state index contributed by atoms with van der Waals surface area (Å²) in [5, 5.41) is 12.4. The van der Waals surface area contributed by atoms with Gasteiger partial charge in [-0.25, -0.2) is 9.59 Å². The Morgan fingerprint density at radius 3 is 2.34 bits per heavy atom. The Kier molecular flexibility index (Phi) is 6.64. The van der Waals surface area contributed by atoms with Crippen molar-refractivity contribution in [1.82, 2.24) is 14.5 Å². The molecule has 3 rings (SSSR count). The number of benzene rings is 2. The van der Waals surface area contributed by atoms with Gasteiger partial charge in [0, 0.05) is 26.7 Å². The zero-order chi connectivity index (χ0) is 23.6. The lowest BCUT2D eigenvalue weighted by Gasteiger charge is -2.16. The summed E-state index contributed by atoms with van der Waals surface area (Å²) in [5.74, 6) is -1.75. The maximum Gasteiger partial charge on any atom is 0.330 e. The molecular weight excluding hydrogens is 434 g/mol. The van der Waals surface area contributed by atoms with Gasteiger partial charge in [0.2, 0.25) is 0 Å². The van der Waals surface area contributed by atoms with E-state index in [0.29, 0.717) is 22.3 Å². The van der Waals surface area contributed by atoms with Crippen molar-refractivity contribution >= 4 is 23.5 Å². The molecule has 0 radical (unpaired) electrons. The van der Waals surface area contributed by atoms with Crippen LogP contribution in [0.2, 0.25) is 5.02 Å². The van der Waals surface area contributed by atoms with Crippen LogP contribution in [0.25, 0.3) is 11.1 Å². The summed E-state index contributed by atoms with van der Waals surface area (Å²) in [6, 6.07) is 10.6. The van der Waals surface area contributed by atoms with Crippen molar-refractivity contribution in [3.63, 3.8) is 0 Å². The molecule has 9 heteroatoms. The number of nitrogens with zero attached hydrogens (tertiary/aromatic N) is 2. The molecule has 0 fully saturated rings. The van der Waals surface area contributed by atoms with Gasteiger partial charge >= 0.3 is 11.7 Å². The normalized spacial score (nSPS) is 11.8. The fourth-order valence-electron chi connectivity index (χ4n) is 3.41. The van der Waals surface area contributed by atoms with Crippen molar-refractivity contribution in [2.24, 2.45) is 14.1 Å². The van der Waals surface area contributed by atoms with E-state index < -0.39 is 29.2 Å². The summed E-state index contributed by atoms with van der Waals surface area (Å²) in [6.45, 7) is 1.72. The van der Waals surface area contributed by atoms with Gasteiger partial charge in [-0.1, -0.05) is 48.0 Å². The number of aryl methyl sites for hydroxylation is 2. The highest BCUT2D eigenvalue weighted by atomic mass is 35.5. The summed E-state index contributed by atoms with van der Waals surface area (Å²) in [6.07, 6.45) is 1.50. The van der Waals surface area contributed by atoms with E-state index in [1.165, 1.54) is 17.8 Å². The van der Waals surface area contributed by atoms with Crippen LogP contribution in [0.5, 0.6) is 0 Å². The third kappa shape index (κ3) is 4.65. The molecule has 3 aromatic rings. The highest BCUT2D eigenvalue weighted by Crippen LogP contribution is 2.20. The first-order valence-corrected chi connectivity index (χ1v) is 10.1. The number of hydrogen-bond donors (Lipinski definition) is 2. The zero-order valence-corrected chi connectivity index (χ0v) is 18.5. The first kappa shape index (κ1) is 23.0. The average molecular weight is 456 g/mol. The maximum atomic E-state index is 12.6. The van der Waals surface area contributed by atoms with Gasteiger partial charge in [-0.2, -0.15) is 0 Å². The first-order valence-electron chi connectivity index (χ1n) is 9.75. The highest BCUT2D eigenvalue weighted by Gasteiger charge is 2.23. The van der Waals surface area contributed by atoms with E-state index in [9.17, 15) is 24.3 Å². The number of hydrogen-bond acceptors (Lipinski definition) is 4. The van der Waals surface area contributed by atoms with Crippen LogP contribution in [0.15, 0.2) is 58.3 Å². The summed E-state index contributed by atoms with van der Waals surface area (Å²) in [5.41, 5.74) is 1.62. The van der Waals surface area contributed by atoms with Crippen molar-refractivity contribution in [2.45, 2.75) is 19.4 Å². The topological polar surface area (TPSA) is 110 Å². The molecule has 166 valence electrons. The molecule has 0 aliphatic heterocycles. The number of carboxylic acids is 1. The number of carbonyl (C=O) groups excluding carboxylic acids is 1. The summed E-state index contributed by atoms with van der Waals surface area (Å²) >= 11 is 6.11. The van der Waals surface area contributed by atoms with Crippen LogP contribution >= 0.6 is 11.6 Å². The Bertz CT molecular complexity index is 1290. The van der Waals surface area contributed by atoms with Crippen LogP contribution in [0.1, 0.15) is 21.5 Å². The van der Waals surface area contributed by atoms with Gasteiger partial charge in [0.05, 0.1) is 16.1 Å². The molecule has 0 saturated carbocycles. The molecule has 0 aliphatic rings. The first-order chi connectivity index (χ1) is 15.1. The van der Waals surface area contributed by atoms with Gasteiger partial charge in [-0.05, 0) is 29.7 Å². The lowest BCUT2D eigenvalue weighted by atomic mass is 10.0. The Labute approximate surface area is 188 Å². The molecule has 1 atom stereocenters. The lowest BCUT2D eigenvalue weighted by molar-refractivity contribution is -0.139. The van der Waals surface area contributed by atoms with Crippen LogP contribution < -0.4 is 16.6 Å². The van der Waals surface area contributed by atoms with Gasteiger partial charge in [0.25, 0.3) is 11.5 Å². The minimum absolute atomic E-state index is 0.0378. The second-order valence-electron chi connectivity index (χ2n) is 7.50. The quantitative estimate of drug-likeness (QED) is 0.591. The van der Waals surface area contributed by atoms with Gasteiger partial charge in [-0.3, -0.25) is 14.2 Å². The number of aliphatic carboxylic acids is 1. The smallest absolute Gasteiger partial charge is 0.330 e. The minimum atomic E-state index is -1.18. The van der Waals surface area contributed by atoms with E-state index >= 15 is 0 Å². The van der Waals surface area contributed by atoms with E-state index in [2.05, 4.69) is 5.32 Å². The molecule has 0 saturated heterocycles. The van der Waals surface area contributed by atoms with Crippen LogP contribution in [0, 0.1) is 6.92 Å². The Balaban J connectivity index is 1.83. The molecule has 1 aromatic heterocycles. The van der Waals surface area contributed by atoms with Gasteiger partial charge in [-0.15, -0.1) is 0 Å². The monoisotopic (exact) mass is 455 g/mol. The number of carbonyl (C=O) groups is 2. The third-order valence-corrected chi connectivity index (χ3v) is 5.52. The summed E-state index contributed by atoms with van der Waals surface area (Å²) in [4.78, 5) is 48.7. The maximum absolute atomic E-state index is 12.6. The molecule has 2 N–H and O–H groups in total. The molecule has 1 amide bonds. The summed E-state index contributed by atoms with van der Waals surface area (Å²) in [7, 11) is 2.96. The van der Waals surface area contributed by atoms with E-state index in [4.69, 9.17) is 11.6 Å². The SMILES string of the molecule is Cc1cccc(Cl)c1C(=O)N[C@@H](Cc1ccc(-c2cn(C)c(=O)n(C)c2=O)cc1)C(=O)O. The molecule has 0 unspecified atom stereocenters. The number of halogens is 1. The van der Waals surface area contributed by atoms with Gasteiger partial charge in [0.15, 0.2) is 0 Å². The Morgan fingerprint density at radius 2 is 1.75 bits per heavy atom. The number of nitrogens with one attached hydrogen (secondary N) is 1. The molecule has 2 aromatic carbocycles. The van der Waals surface area contributed by atoms with E-state index in [0.717, 1.165) is 4.57 Å². The predicted molar refractivity (Wildman–Crippen MR) is 121 cm³/mol. The van der Waals surface area contributed by atoms with Crippen LogP contribution in [-0.2, 0) is 25.3 Å². The highest BCUT2D eigenvalue weighted by molar-refractivity contribution is 6.34. The fourth-order valence-corrected chi connectivity index (χ4v) is 3.72. The number of carboxylic acid groups (broad SMARTS) is 1. The number of rotatable bonds is 6. The van der Waals surface area contributed by atoms with E-state index in [1.54, 1.807) is 56.4 Å². The minimum Gasteiger partial charge on any atom is -0.480 e. The molecule has 8 nitrogen and oxygen atoms in total. The largest absolute Gasteiger partial charge is 0.480 e. The van der Waals surface area contributed by atoms with Crippen LogP contribution in [0.4, 0.5) is 0 Å². The van der Waals surface area contributed by atoms with Gasteiger partial charge in [0.1, 0.15) is 6.04 Å². The molecule has 0 aliphatic carbocycles. The fraction of sp³-hybridized carbons (Fsp3) is 0.217. The number of amides is 1. The predicted octanol–water partition coefficient (Wildman–Crippen LogP) is 2.14. The van der Waals surface area contributed by atoms with Crippen LogP contribution in [-0.4, -0.2) is 32.2 Å². The van der Waals surface area contributed by atoms with E-state index in [1.807, 2.05) is 0 Å². The molecule has 1 heterocycles. The zero-order valence-electron chi connectivity index (χ0n) is 17.8. The third-order valence-electron chi connectivity index (χ3n) is 5.20. The van der Waals surface area contributed by atoms with E-state index in [-0.39, 0.29) is 17.0 Å². The Morgan fingerprint density at radius 1 is 1.09 bits per heavy atom. The van der Waals surface area contributed by atoms with Crippen molar-refractivity contribution < 1.29 is 14.7 Å². The molecule has 0 spiro atoms. The van der Waals surface area contributed by atoms with Crippen LogP contribution in [0.3, 0.4) is 0 Å². The number of aromatic nitrogens is 2. The molecular formula is C23H22ClN3O5. The molecule has 32 heavy (non-hydrogen) atoms. The van der Waals surface area contributed by atoms with Crippen molar-refractivity contribution in [3.05, 3.63) is 91.2 Å². The van der Waals surface area contributed by atoms with Crippen molar-refractivity contribution in [1.29, 1.82) is 0 Å². The second-order valence-corrected chi connectivity index (χ2v) is 7.90. The average Bonchev–Trinajstić information content (AvgIpc) is 2.74. The van der Waals surface area contributed by atoms with Crippen molar-refractivity contribution in [2.75, 3.05) is 0 Å². The standard InChI is InChI=1S/C23H22ClN3O5/c1-13-5-4-6-17(24)19(13)20(28)25-18(22(30)31)11-14-7-9-15(10-8-14)16-12-26(2)23(32)27(3)21(16)29/h4-10,12,18H,11H2,1-3H3,(H,25,28)(H,30,31)/t18-/m0/s1.